The first kappa shape index (κ1) is 10.5. The van der Waals surface area contributed by atoms with Gasteiger partial charge in [0.15, 0.2) is 0 Å². The summed E-state index contributed by atoms with van der Waals surface area (Å²) in [6.45, 7) is -0.192. The minimum Gasteiger partial charge on any atom is -0.483 e. The third-order valence-corrected chi connectivity index (χ3v) is 1.76. The van der Waals surface area contributed by atoms with Crippen molar-refractivity contribution in [3.8, 4) is 0 Å². The molecule has 6 heteroatoms. The minimum atomic E-state index is -4.42. The Balaban J connectivity index is 2.87. The van der Waals surface area contributed by atoms with Crippen molar-refractivity contribution < 1.29 is 17.9 Å². The number of rotatable bonds is 1. The molecule has 0 aliphatic carbocycles. The first-order valence-corrected chi connectivity index (χ1v) is 3.91. The maximum atomic E-state index is 12.2. The summed E-state index contributed by atoms with van der Waals surface area (Å²) in [4.78, 5) is 0.334. The Morgan fingerprint density at radius 1 is 1.54 bits per heavy atom. The lowest BCUT2D eigenvalue weighted by molar-refractivity contribution is -0.194. The van der Waals surface area contributed by atoms with Crippen LogP contribution >= 0.6 is 12.6 Å². The Hall–Kier alpha value is -0.620. The molecule has 0 aromatic heterocycles. The molecule has 0 radical (unpaired) electrons. The zero-order chi connectivity index (χ0) is 10.1. The van der Waals surface area contributed by atoms with Gasteiger partial charge in [-0.2, -0.15) is 13.2 Å². The Kier molecular flexibility index (Phi) is 2.92. The Bertz CT molecular complexity index is 259. The van der Waals surface area contributed by atoms with Gasteiger partial charge in [-0.15, -0.1) is 12.6 Å². The topological polar surface area (TPSA) is 35.2 Å². The molecule has 74 valence electrons. The van der Waals surface area contributed by atoms with Gasteiger partial charge in [0.2, 0.25) is 6.10 Å². The van der Waals surface area contributed by atoms with Crippen LogP contribution in [0.3, 0.4) is 0 Å². The van der Waals surface area contributed by atoms with E-state index in [0.717, 1.165) is 6.26 Å². The minimum absolute atomic E-state index is 0.0139. The van der Waals surface area contributed by atoms with Crippen LogP contribution in [0, 0.1) is 0 Å². The summed E-state index contributed by atoms with van der Waals surface area (Å²) in [5.41, 5.74) is 5.13. The molecular weight excluding hydrogens is 203 g/mol. The van der Waals surface area contributed by atoms with Gasteiger partial charge in [0, 0.05) is 11.4 Å². The van der Waals surface area contributed by atoms with Gasteiger partial charge in [0.1, 0.15) is 0 Å². The van der Waals surface area contributed by atoms with Crippen LogP contribution in [0.5, 0.6) is 0 Å². The molecule has 0 aromatic carbocycles. The number of alkyl halides is 3. The smallest absolute Gasteiger partial charge is 0.429 e. The van der Waals surface area contributed by atoms with E-state index in [1.807, 2.05) is 0 Å². The molecular formula is C7H8F3NOS. The predicted octanol–water partition coefficient (Wildman–Crippen LogP) is 1.60. The van der Waals surface area contributed by atoms with Crippen LogP contribution in [-0.2, 0) is 4.74 Å². The van der Waals surface area contributed by atoms with Gasteiger partial charge in [-0.3, -0.25) is 0 Å². The highest BCUT2D eigenvalue weighted by Crippen LogP contribution is 2.31. The summed E-state index contributed by atoms with van der Waals surface area (Å²) in [6.07, 6.45) is -4.12. The fourth-order valence-corrected chi connectivity index (χ4v) is 1.20. The number of thiol groups is 1. The first-order valence-electron chi connectivity index (χ1n) is 3.47. The fraction of sp³-hybridized carbons (Fsp3) is 0.429. The molecule has 1 unspecified atom stereocenters. The summed E-state index contributed by atoms with van der Waals surface area (Å²) in [5.74, 6) is 0. The second-order valence-electron chi connectivity index (χ2n) is 2.52. The van der Waals surface area contributed by atoms with E-state index < -0.39 is 12.3 Å². The lowest BCUT2D eigenvalue weighted by Crippen LogP contribution is -2.36. The van der Waals surface area contributed by atoms with Crippen molar-refractivity contribution in [2.45, 2.75) is 12.3 Å². The van der Waals surface area contributed by atoms with Crippen molar-refractivity contribution in [2.24, 2.45) is 5.73 Å². The third-order valence-electron chi connectivity index (χ3n) is 1.53. The fourth-order valence-electron chi connectivity index (χ4n) is 0.978. The molecule has 0 amide bonds. The van der Waals surface area contributed by atoms with E-state index in [1.165, 1.54) is 6.08 Å². The second kappa shape index (κ2) is 3.63. The monoisotopic (exact) mass is 211 g/mol. The van der Waals surface area contributed by atoms with Crippen LogP contribution in [0.2, 0.25) is 0 Å². The number of hydrogen-bond donors (Lipinski definition) is 2. The van der Waals surface area contributed by atoms with Gasteiger partial charge < -0.3 is 10.5 Å². The molecule has 2 N–H and O–H groups in total. The second-order valence-corrected chi connectivity index (χ2v) is 3.04. The van der Waals surface area contributed by atoms with Gasteiger partial charge in [0.25, 0.3) is 0 Å². The lowest BCUT2D eigenvalue weighted by atomic mass is 10.1. The highest BCUT2D eigenvalue weighted by Gasteiger charge is 2.44. The highest BCUT2D eigenvalue weighted by molar-refractivity contribution is 7.84. The zero-order valence-corrected chi connectivity index (χ0v) is 7.40. The SMILES string of the molecule is NCC1=CC(S)=COC1C(F)(F)F. The average molecular weight is 211 g/mol. The summed E-state index contributed by atoms with van der Waals surface area (Å²) >= 11 is 3.85. The number of halogens is 3. The normalized spacial score (nSPS) is 23.3. The number of hydrogen-bond acceptors (Lipinski definition) is 3. The van der Waals surface area contributed by atoms with Gasteiger partial charge in [-0.25, -0.2) is 0 Å². The van der Waals surface area contributed by atoms with E-state index in [0.29, 0.717) is 4.91 Å². The molecule has 0 aromatic rings. The Morgan fingerprint density at radius 3 is 2.62 bits per heavy atom. The summed E-state index contributed by atoms with van der Waals surface area (Å²) in [5, 5.41) is 0. The quantitative estimate of drug-likeness (QED) is 0.646. The van der Waals surface area contributed by atoms with Gasteiger partial charge in [0.05, 0.1) is 6.26 Å². The van der Waals surface area contributed by atoms with Crippen molar-refractivity contribution in [2.75, 3.05) is 6.54 Å². The van der Waals surface area contributed by atoms with E-state index in [1.54, 1.807) is 0 Å². The molecule has 0 fully saturated rings. The molecule has 1 rings (SSSR count). The Labute approximate surface area is 78.6 Å². The summed E-state index contributed by atoms with van der Waals surface area (Å²) in [7, 11) is 0. The van der Waals surface area contributed by atoms with Gasteiger partial charge >= 0.3 is 6.18 Å². The largest absolute Gasteiger partial charge is 0.483 e. The van der Waals surface area contributed by atoms with Crippen LogP contribution < -0.4 is 5.73 Å². The van der Waals surface area contributed by atoms with Crippen molar-refractivity contribution >= 4 is 12.6 Å². The average Bonchev–Trinajstić information content (AvgIpc) is 2.01. The maximum Gasteiger partial charge on any atom is 0.429 e. The Morgan fingerprint density at radius 2 is 2.15 bits per heavy atom. The molecule has 1 heterocycles. The highest BCUT2D eigenvalue weighted by atomic mass is 32.1. The molecule has 2 nitrogen and oxygen atoms in total. The third kappa shape index (κ3) is 2.41. The molecule has 0 spiro atoms. The van der Waals surface area contributed by atoms with Crippen molar-refractivity contribution in [3.05, 3.63) is 22.8 Å². The summed E-state index contributed by atoms with van der Waals surface area (Å²) < 4.78 is 41.1. The van der Waals surface area contributed by atoms with Crippen molar-refractivity contribution in [3.63, 3.8) is 0 Å². The van der Waals surface area contributed by atoms with Crippen LogP contribution in [0.15, 0.2) is 22.8 Å². The summed E-state index contributed by atoms with van der Waals surface area (Å²) in [6, 6.07) is 0. The molecule has 13 heavy (non-hydrogen) atoms. The lowest BCUT2D eigenvalue weighted by Gasteiger charge is -2.24. The molecule has 0 saturated heterocycles. The van der Waals surface area contributed by atoms with Crippen molar-refractivity contribution in [1.29, 1.82) is 0 Å². The van der Waals surface area contributed by atoms with Gasteiger partial charge in [-0.05, 0) is 11.6 Å². The van der Waals surface area contributed by atoms with Crippen LogP contribution in [0.1, 0.15) is 0 Å². The zero-order valence-electron chi connectivity index (χ0n) is 6.51. The van der Waals surface area contributed by atoms with Crippen LogP contribution in [-0.4, -0.2) is 18.8 Å². The van der Waals surface area contributed by atoms with Crippen LogP contribution in [0.4, 0.5) is 13.2 Å². The number of nitrogens with two attached hydrogens (primary N) is 1. The maximum absolute atomic E-state index is 12.2. The molecule has 1 atom stereocenters. The number of allylic oxidation sites excluding steroid dienone is 1. The van der Waals surface area contributed by atoms with E-state index >= 15 is 0 Å². The van der Waals surface area contributed by atoms with E-state index in [9.17, 15) is 13.2 Å². The van der Waals surface area contributed by atoms with Gasteiger partial charge in [-0.1, -0.05) is 0 Å². The molecule has 1 aliphatic rings. The number of ether oxygens (including phenoxy) is 1. The predicted molar refractivity (Wildman–Crippen MR) is 45.1 cm³/mol. The van der Waals surface area contributed by atoms with Crippen molar-refractivity contribution in [1.82, 2.24) is 0 Å². The standard InChI is InChI=1S/C7H8F3NOS/c8-7(9,10)6-4(2-11)1-5(13)3-12-6/h1,3,6,13H,2,11H2. The molecule has 1 aliphatic heterocycles. The van der Waals surface area contributed by atoms with E-state index in [2.05, 4.69) is 17.4 Å². The van der Waals surface area contributed by atoms with E-state index in [4.69, 9.17) is 5.73 Å². The molecule has 0 bridgehead atoms. The first-order chi connectivity index (χ1) is 5.95. The van der Waals surface area contributed by atoms with E-state index in [-0.39, 0.29) is 12.1 Å². The van der Waals surface area contributed by atoms with Crippen LogP contribution in [0.25, 0.3) is 0 Å². The molecule has 0 saturated carbocycles.